The molecule has 2 aromatic carbocycles. The van der Waals surface area contributed by atoms with E-state index in [0.717, 1.165) is 6.42 Å². The molecule has 3 rings (SSSR count). The number of ketones is 1. The highest BCUT2D eigenvalue weighted by atomic mass is 19.1. The maximum atomic E-state index is 13.5. The Morgan fingerprint density at radius 1 is 1.16 bits per heavy atom. The lowest BCUT2D eigenvalue weighted by molar-refractivity contribution is -0.140. The monoisotopic (exact) mass is 426 g/mol. The van der Waals surface area contributed by atoms with Crippen molar-refractivity contribution >= 4 is 17.4 Å². The van der Waals surface area contributed by atoms with E-state index in [4.69, 9.17) is 4.74 Å². The van der Waals surface area contributed by atoms with Crippen molar-refractivity contribution in [2.45, 2.75) is 19.4 Å². The van der Waals surface area contributed by atoms with Gasteiger partial charge in [-0.05, 0) is 50.3 Å². The number of ether oxygens (including phenoxy) is 1. The summed E-state index contributed by atoms with van der Waals surface area (Å²) >= 11 is 0. The van der Waals surface area contributed by atoms with Crippen LogP contribution in [0.4, 0.5) is 4.39 Å². The first kappa shape index (κ1) is 22.5. The number of aliphatic hydroxyl groups is 1. The van der Waals surface area contributed by atoms with Gasteiger partial charge in [-0.15, -0.1) is 0 Å². The molecule has 1 aliphatic rings. The van der Waals surface area contributed by atoms with E-state index in [0.29, 0.717) is 30.0 Å². The highest BCUT2D eigenvalue weighted by molar-refractivity contribution is 6.46. The zero-order chi connectivity index (χ0) is 22.5. The molecule has 164 valence electrons. The van der Waals surface area contributed by atoms with Gasteiger partial charge in [-0.2, -0.15) is 0 Å². The number of Topliss-reactive ketones (excluding diaryl/α,β-unsaturated/α-hetero) is 1. The normalized spacial score (nSPS) is 18.1. The number of carbonyl (C=O) groups excluding carboxylic acids is 2. The minimum Gasteiger partial charge on any atom is -0.507 e. The van der Waals surface area contributed by atoms with Gasteiger partial charge in [0, 0.05) is 18.7 Å². The number of amides is 1. The minimum atomic E-state index is -0.805. The van der Waals surface area contributed by atoms with E-state index in [9.17, 15) is 19.1 Å². The van der Waals surface area contributed by atoms with Gasteiger partial charge in [-0.25, -0.2) is 4.39 Å². The number of rotatable bonds is 8. The number of likely N-dealkylation sites (N-methyl/N-ethyl adjacent to an activating group) is 1. The molecule has 1 fully saturated rings. The third-order valence-electron chi connectivity index (χ3n) is 5.09. The van der Waals surface area contributed by atoms with Crippen molar-refractivity contribution in [3.8, 4) is 5.75 Å². The van der Waals surface area contributed by atoms with Crippen molar-refractivity contribution in [1.82, 2.24) is 9.80 Å². The first-order chi connectivity index (χ1) is 14.8. The molecule has 0 saturated carbocycles. The first-order valence-electron chi connectivity index (χ1n) is 10.2. The van der Waals surface area contributed by atoms with Gasteiger partial charge in [0.2, 0.25) is 0 Å². The Bertz CT molecular complexity index is 985. The molecular weight excluding hydrogens is 399 g/mol. The largest absolute Gasteiger partial charge is 0.507 e. The topological polar surface area (TPSA) is 70.1 Å². The molecule has 2 aromatic rings. The van der Waals surface area contributed by atoms with Crippen LogP contribution in [-0.2, 0) is 9.59 Å². The fourth-order valence-electron chi connectivity index (χ4n) is 3.52. The lowest BCUT2D eigenvalue weighted by Crippen LogP contribution is -2.35. The molecule has 1 amide bonds. The Morgan fingerprint density at radius 3 is 2.52 bits per heavy atom. The number of benzene rings is 2. The number of carbonyl (C=O) groups is 2. The molecule has 1 N–H and O–H groups in total. The fourth-order valence-corrected chi connectivity index (χ4v) is 3.52. The van der Waals surface area contributed by atoms with E-state index >= 15 is 0 Å². The SMILES string of the molecule is CCCOc1cccc(/C(O)=C2\C(=O)C(=O)N(CCN(C)C)C2c2ccc(F)cc2)c1. The van der Waals surface area contributed by atoms with Gasteiger partial charge in [0.15, 0.2) is 0 Å². The van der Waals surface area contributed by atoms with Gasteiger partial charge in [-0.3, -0.25) is 9.59 Å². The molecule has 0 radical (unpaired) electrons. The Hall–Kier alpha value is -3.19. The highest BCUT2D eigenvalue weighted by Gasteiger charge is 2.45. The van der Waals surface area contributed by atoms with Crippen molar-refractivity contribution in [1.29, 1.82) is 0 Å². The number of likely N-dealkylation sites (tertiary alicyclic amines) is 1. The molecule has 1 saturated heterocycles. The summed E-state index contributed by atoms with van der Waals surface area (Å²) in [4.78, 5) is 29.1. The van der Waals surface area contributed by atoms with Crippen LogP contribution in [0.3, 0.4) is 0 Å². The second-order valence-corrected chi connectivity index (χ2v) is 7.72. The minimum absolute atomic E-state index is 0.0111. The maximum absolute atomic E-state index is 13.5. The zero-order valence-electron chi connectivity index (χ0n) is 18.0. The summed E-state index contributed by atoms with van der Waals surface area (Å²) in [7, 11) is 3.73. The van der Waals surface area contributed by atoms with Crippen molar-refractivity contribution in [2.75, 3.05) is 33.8 Å². The quantitative estimate of drug-likeness (QED) is 0.397. The predicted octanol–water partition coefficient (Wildman–Crippen LogP) is 3.60. The smallest absolute Gasteiger partial charge is 0.295 e. The summed E-state index contributed by atoms with van der Waals surface area (Å²) < 4.78 is 19.1. The molecule has 1 heterocycles. The summed E-state index contributed by atoms with van der Waals surface area (Å²) in [5.41, 5.74) is 0.925. The van der Waals surface area contributed by atoms with Crippen LogP contribution in [0.5, 0.6) is 5.75 Å². The van der Waals surface area contributed by atoms with Crippen LogP contribution in [0.1, 0.15) is 30.5 Å². The number of hydrogen-bond donors (Lipinski definition) is 1. The van der Waals surface area contributed by atoms with Crippen LogP contribution in [0.2, 0.25) is 0 Å². The molecule has 31 heavy (non-hydrogen) atoms. The third-order valence-corrected chi connectivity index (χ3v) is 5.09. The lowest BCUT2D eigenvalue weighted by Gasteiger charge is -2.26. The molecule has 0 aromatic heterocycles. The molecule has 1 atom stereocenters. The van der Waals surface area contributed by atoms with Crippen LogP contribution in [0, 0.1) is 5.82 Å². The molecule has 6 nitrogen and oxygen atoms in total. The van der Waals surface area contributed by atoms with Crippen LogP contribution < -0.4 is 4.74 Å². The highest BCUT2D eigenvalue weighted by Crippen LogP contribution is 2.39. The number of aliphatic hydroxyl groups excluding tert-OH is 1. The summed E-state index contributed by atoms with van der Waals surface area (Å²) in [5, 5.41) is 11.1. The van der Waals surface area contributed by atoms with E-state index in [1.54, 1.807) is 24.3 Å². The lowest BCUT2D eigenvalue weighted by atomic mass is 9.95. The van der Waals surface area contributed by atoms with Crippen molar-refractivity contribution in [3.63, 3.8) is 0 Å². The van der Waals surface area contributed by atoms with Crippen LogP contribution in [0.15, 0.2) is 54.1 Å². The van der Waals surface area contributed by atoms with Gasteiger partial charge in [0.05, 0.1) is 18.2 Å². The van der Waals surface area contributed by atoms with Crippen molar-refractivity contribution in [2.24, 2.45) is 0 Å². The zero-order valence-corrected chi connectivity index (χ0v) is 18.0. The molecule has 1 aliphatic heterocycles. The summed E-state index contributed by atoms with van der Waals surface area (Å²) in [6.07, 6.45) is 0.831. The molecule has 0 bridgehead atoms. The van der Waals surface area contributed by atoms with Gasteiger partial charge in [-0.1, -0.05) is 31.2 Å². The molecular formula is C24H27FN2O4. The Labute approximate surface area is 181 Å². The second-order valence-electron chi connectivity index (χ2n) is 7.72. The van der Waals surface area contributed by atoms with E-state index in [1.807, 2.05) is 25.9 Å². The Morgan fingerprint density at radius 2 is 1.87 bits per heavy atom. The Balaban J connectivity index is 2.09. The number of halogens is 1. The van der Waals surface area contributed by atoms with Crippen LogP contribution >= 0.6 is 0 Å². The maximum Gasteiger partial charge on any atom is 0.295 e. The number of hydrogen-bond acceptors (Lipinski definition) is 5. The van der Waals surface area contributed by atoms with E-state index < -0.39 is 23.5 Å². The van der Waals surface area contributed by atoms with Gasteiger partial charge in [0.25, 0.3) is 11.7 Å². The predicted molar refractivity (Wildman–Crippen MR) is 116 cm³/mol. The average Bonchev–Trinajstić information content (AvgIpc) is 3.01. The summed E-state index contributed by atoms with van der Waals surface area (Å²) in [6.45, 7) is 3.33. The third kappa shape index (κ3) is 4.94. The molecule has 0 spiro atoms. The van der Waals surface area contributed by atoms with Gasteiger partial charge >= 0.3 is 0 Å². The van der Waals surface area contributed by atoms with Crippen LogP contribution in [0.25, 0.3) is 5.76 Å². The summed E-state index contributed by atoms with van der Waals surface area (Å²) in [6, 6.07) is 11.6. The van der Waals surface area contributed by atoms with Crippen molar-refractivity contribution in [3.05, 3.63) is 71.0 Å². The Kier molecular flexibility index (Phi) is 7.07. The summed E-state index contributed by atoms with van der Waals surface area (Å²) in [5.74, 6) is -1.58. The van der Waals surface area contributed by atoms with E-state index in [2.05, 4.69) is 0 Å². The van der Waals surface area contributed by atoms with Crippen molar-refractivity contribution < 1.29 is 23.8 Å². The van der Waals surface area contributed by atoms with E-state index in [1.165, 1.54) is 29.2 Å². The molecule has 0 aliphatic carbocycles. The fraction of sp³-hybridized carbons (Fsp3) is 0.333. The van der Waals surface area contributed by atoms with Gasteiger partial charge in [0.1, 0.15) is 17.3 Å². The number of nitrogens with zero attached hydrogens (tertiary/aromatic N) is 2. The average molecular weight is 426 g/mol. The first-order valence-corrected chi connectivity index (χ1v) is 10.2. The second kappa shape index (κ2) is 9.75. The molecule has 1 unspecified atom stereocenters. The standard InChI is InChI=1S/C24H27FN2O4/c1-4-14-31-19-7-5-6-17(15-19)22(28)20-21(16-8-10-18(25)11-9-16)27(13-12-26(2)3)24(30)23(20)29/h5-11,15,21,28H,4,12-14H2,1-3H3/b22-20+. The van der Waals surface area contributed by atoms with Gasteiger partial charge < -0.3 is 19.6 Å². The van der Waals surface area contributed by atoms with Crippen LogP contribution in [-0.4, -0.2) is 60.4 Å². The molecule has 7 heteroatoms. The van der Waals surface area contributed by atoms with E-state index in [-0.39, 0.29) is 17.9 Å².